The van der Waals surface area contributed by atoms with Crippen LogP contribution >= 0.6 is 0 Å². The number of aryl methyl sites for hydroxylation is 1. The van der Waals surface area contributed by atoms with Gasteiger partial charge in [0.05, 0.1) is 0 Å². The molecule has 3 nitrogen and oxygen atoms in total. The number of hydrogen-bond donors (Lipinski definition) is 1. The second-order valence-corrected chi connectivity index (χ2v) is 4.20. The van der Waals surface area contributed by atoms with Crippen molar-refractivity contribution < 1.29 is 9.53 Å². The largest absolute Gasteiger partial charge is 0.477 e. The van der Waals surface area contributed by atoms with Crippen molar-refractivity contribution in [2.75, 3.05) is 7.05 Å². The van der Waals surface area contributed by atoms with Gasteiger partial charge >= 0.3 is 0 Å². The van der Waals surface area contributed by atoms with E-state index in [0.29, 0.717) is 6.42 Å². The molecule has 1 aliphatic rings. The fourth-order valence-corrected chi connectivity index (χ4v) is 1.98. The lowest BCUT2D eigenvalue weighted by Gasteiger charge is -2.21. The highest BCUT2D eigenvalue weighted by Crippen LogP contribution is 2.35. The van der Waals surface area contributed by atoms with Crippen LogP contribution in [0.25, 0.3) is 0 Å². The third-order valence-electron chi connectivity index (χ3n) is 2.79. The van der Waals surface area contributed by atoms with Crippen molar-refractivity contribution in [3.05, 3.63) is 29.3 Å². The summed E-state index contributed by atoms with van der Waals surface area (Å²) in [7, 11) is 1.63. The summed E-state index contributed by atoms with van der Waals surface area (Å²) >= 11 is 0. The van der Waals surface area contributed by atoms with Gasteiger partial charge in [-0.25, -0.2) is 0 Å². The Kier molecular flexibility index (Phi) is 2.18. The number of carbonyl (C=O) groups is 1. The Bertz CT molecular complexity index is 414. The third kappa shape index (κ3) is 1.58. The van der Waals surface area contributed by atoms with Crippen LogP contribution in [0.5, 0.6) is 5.75 Å². The molecule has 0 aliphatic carbocycles. The number of carbonyl (C=O) groups excluding carboxylic acids is 1. The maximum Gasteiger partial charge on any atom is 0.264 e. The zero-order valence-corrected chi connectivity index (χ0v) is 9.26. The van der Waals surface area contributed by atoms with Crippen molar-refractivity contribution in [3.8, 4) is 5.75 Å². The number of nitrogens with one attached hydrogen (secondary N) is 1. The van der Waals surface area contributed by atoms with Crippen LogP contribution in [0.1, 0.15) is 18.1 Å². The first-order valence-corrected chi connectivity index (χ1v) is 5.06. The Labute approximate surface area is 89.4 Å². The van der Waals surface area contributed by atoms with Crippen LogP contribution in [0.15, 0.2) is 18.2 Å². The first kappa shape index (κ1) is 10.0. The summed E-state index contributed by atoms with van der Waals surface area (Å²) in [6.07, 6.45) is 0.643. The second kappa shape index (κ2) is 3.26. The molecule has 0 fully saturated rings. The molecular weight excluding hydrogens is 190 g/mol. The monoisotopic (exact) mass is 205 g/mol. The van der Waals surface area contributed by atoms with Crippen LogP contribution in [0.3, 0.4) is 0 Å². The van der Waals surface area contributed by atoms with Gasteiger partial charge in [0.15, 0.2) is 5.60 Å². The van der Waals surface area contributed by atoms with Gasteiger partial charge in [-0.15, -0.1) is 0 Å². The highest BCUT2D eigenvalue weighted by molar-refractivity contribution is 5.86. The summed E-state index contributed by atoms with van der Waals surface area (Å²) in [5.74, 6) is 0.753. The molecule has 15 heavy (non-hydrogen) atoms. The van der Waals surface area contributed by atoms with E-state index < -0.39 is 5.60 Å². The molecule has 1 aromatic rings. The average Bonchev–Trinajstić information content (AvgIpc) is 2.53. The van der Waals surface area contributed by atoms with Gasteiger partial charge in [0.25, 0.3) is 5.91 Å². The molecule has 1 heterocycles. The fraction of sp³-hybridized carbons (Fsp3) is 0.417. The normalized spacial score (nSPS) is 23.1. The van der Waals surface area contributed by atoms with Gasteiger partial charge in [-0.1, -0.05) is 17.7 Å². The fourth-order valence-electron chi connectivity index (χ4n) is 1.98. The highest BCUT2D eigenvalue weighted by atomic mass is 16.5. The molecule has 2 rings (SSSR count). The Morgan fingerprint density at radius 2 is 2.27 bits per heavy atom. The molecule has 1 aliphatic heterocycles. The lowest BCUT2D eigenvalue weighted by Crippen LogP contribution is -2.46. The maximum absolute atomic E-state index is 11.7. The van der Waals surface area contributed by atoms with E-state index in [4.69, 9.17) is 4.74 Å². The zero-order valence-electron chi connectivity index (χ0n) is 9.26. The van der Waals surface area contributed by atoms with E-state index >= 15 is 0 Å². The van der Waals surface area contributed by atoms with E-state index in [0.717, 1.165) is 11.3 Å². The molecule has 0 saturated heterocycles. The van der Waals surface area contributed by atoms with E-state index in [2.05, 4.69) is 11.4 Å². The molecule has 1 amide bonds. The first-order valence-electron chi connectivity index (χ1n) is 5.06. The smallest absolute Gasteiger partial charge is 0.264 e. The number of benzene rings is 1. The zero-order chi connectivity index (χ0) is 11.1. The van der Waals surface area contributed by atoms with Crippen molar-refractivity contribution in [3.63, 3.8) is 0 Å². The Balaban J connectivity index is 2.32. The first-order chi connectivity index (χ1) is 7.05. The summed E-state index contributed by atoms with van der Waals surface area (Å²) < 4.78 is 5.69. The number of ether oxygens (including phenoxy) is 1. The van der Waals surface area contributed by atoms with Gasteiger partial charge in [-0.2, -0.15) is 0 Å². The molecule has 1 N–H and O–H groups in total. The quantitative estimate of drug-likeness (QED) is 0.753. The molecule has 3 heteroatoms. The second-order valence-electron chi connectivity index (χ2n) is 4.20. The lowest BCUT2D eigenvalue weighted by atomic mass is 9.97. The molecule has 0 saturated carbocycles. The molecule has 0 unspecified atom stereocenters. The predicted octanol–water partition coefficient (Wildman–Crippen LogP) is 1.43. The van der Waals surface area contributed by atoms with Crippen LogP contribution < -0.4 is 10.1 Å². The molecule has 0 spiro atoms. The van der Waals surface area contributed by atoms with Crippen molar-refractivity contribution in [2.24, 2.45) is 0 Å². The minimum atomic E-state index is -0.745. The number of likely N-dealkylation sites (N-methyl/N-ethyl adjacent to an activating group) is 1. The SMILES string of the molecule is CNC(=O)[C@@]1(C)Cc2cc(C)ccc2O1. The van der Waals surface area contributed by atoms with Gasteiger partial charge in [0.1, 0.15) is 5.75 Å². The number of fused-ring (bicyclic) bond motifs is 1. The Morgan fingerprint density at radius 1 is 1.53 bits per heavy atom. The highest BCUT2D eigenvalue weighted by Gasteiger charge is 2.41. The molecule has 0 aromatic heterocycles. The van der Waals surface area contributed by atoms with Crippen LogP contribution in [0.2, 0.25) is 0 Å². The van der Waals surface area contributed by atoms with Gasteiger partial charge in [0.2, 0.25) is 0 Å². The molecule has 1 atom stereocenters. The van der Waals surface area contributed by atoms with E-state index in [-0.39, 0.29) is 5.91 Å². The summed E-state index contributed by atoms with van der Waals surface area (Å²) in [6, 6.07) is 6.00. The predicted molar refractivity (Wildman–Crippen MR) is 58.0 cm³/mol. The minimum absolute atomic E-state index is 0.0728. The van der Waals surface area contributed by atoms with Crippen molar-refractivity contribution >= 4 is 5.91 Å². The Morgan fingerprint density at radius 3 is 2.93 bits per heavy atom. The molecule has 0 bridgehead atoms. The lowest BCUT2D eigenvalue weighted by molar-refractivity contribution is -0.133. The van der Waals surface area contributed by atoms with Crippen LogP contribution in [-0.2, 0) is 11.2 Å². The van der Waals surface area contributed by atoms with Gasteiger partial charge in [-0.05, 0) is 25.5 Å². The van der Waals surface area contributed by atoms with Gasteiger partial charge in [-0.3, -0.25) is 4.79 Å². The van der Waals surface area contributed by atoms with E-state index in [9.17, 15) is 4.79 Å². The number of amides is 1. The summed E-state index contributed by atoms with van der Waals surface area (Å²) in [6.45, 7) is 3.86. The van der Waals surface area contributed by atoms with Crippen LogP contribution in [0.4, 0.5) is 0 Å². The number of hydrogen-bond acceptors (Lipinski definition) is 2. The topological polar surface area (TPSA) is 38.3 Å². The Hall–Kier alpha value is -1.51. The molecule has 0 radical (unpaired) electrons. The van der Waals surface area contributed by atoms with Crippen LogP contribution in [0, 0.1) is 6.92 Å². The van der Waals surface area contributed by atoms with Gasteiger partial charge < -0.3 is 10.1 Å². The van der Waals surface area contributed by atoms with E-state index in [1.807, 2.05) is 26.0 Å². The van der Waals surface area contributed by atoms with E-state index in [1.165, 1.54) is 5.56 Å². The average molecular weight is 205 g/mol. The minimum Gasteiger partial charge on any atom is -0.477 e. The van der Waals surface area contributed by atoms with Crippen LogP contribution in [-0.4, -0.2) is 18.6 Å². The number of rotatable bonds is 1. The summed E-state index contributed by atoms with van der Waals surface area (Å²) in [5.41, 5.74) is 1.56. The maximum atomic E-state index is 11.7. The van der Waals surface area contributed by atoms with Gasteiger partial charge in [0, 0.05) is 13.5 Å². The molecular formula is C12H15NO2. The molecule has 1 aromatic carbocycles. The molecule has 80 valence electrons. The summed E-state index contributed by atoms with van der Waals surface area (Å²) in [4.78, 5) is 11.7. The standard InChI is InChI=1S/C12H15NO2/c1-8-4-5-10-9(6-8)7-12(2,15-10)11(14)13-3/h4-6H,7H2,1-3H3,(H,13,14)/t12-/m1/s1. The van der Waals surface area contributed by atoms with Crippen molar-refractivity contribution in [1.29, 1.82) is 0 Å². The van der Waals surface area contributed by atoms with Crippen molar-refractivity contribution in [2.45, 2.75) is 25.9 Å². The van der Waals surface area contributed by atoms with Crippen molar-refractivity contribution in [1.82, 2.24) is 5.32 Å². The third-order valence-corrected chi connectivity index (χ3v) is 2.79. The van der Waals surface area contributed by atoms with E-state index in [1.54, 1.807) is 7.05 Å². The summed E-state index contributed by atoms with van der Waals surface area (Å²) in [5, 5.41) is 2.63.